The van der Waals surface area contributed by atoms with Gasteiger partial charge in [0.15, 0.2) is 5.65 Å². The third kappa shape index (κ3) is 3.35. The van der Waals surface area contributed by atoms with Gasteiger partial charge in [0.1, 0.15) is 11.4 Å². The minimum atomic E-state index is 0.209. The van der Waals surface area contributed by atoms with E-state index >= 15 is 0 Å². The van der Waals surface area contributed by atoms with Crippen LogP contribution >= 0.6 is 0 Å². The van der Waals surface area contributed by atoms with Crippen molar-refractivity contribution in [3.63, 3.8) is 0 Å². The summed E-state index contributed by atoms with van der Waals surface area (Å²) in [5, 5.41) is 15.2. The van der Waals surface area contributed by atoms with Crippen molar-refractivity contribution in [2.24, 2.45) is 0 Å². The number of phenolic OH excluding ortho intramolecular Hbond substituents is 1. The number of aromatic hydroxyl groups is 1. The lowest BCUT2D eigenvalue weighted by Crippen LogP contribution is -2.44. The maximum Gasteiger partial charge on any atom is 0.164 e. The topological polar surface area (TPSA) is 69.8 Å². The molecule has 5 aromatic rings. The molecule has 2 aromatic carbocycles. The van der Waals surface area contributed by atoms with Crippen molar-refractivity contribution in [2.45, 2.75) is 18.5 Å². The molecule has 5 heterocycles. The molecule has 0 radical (unpaired) electrons. The number of likely N-dealkylation sites (N-methyl/N-ethyl adjacent to an activating group) is 1. The van der Waals surface area contributed by atoms with Crippen LogP contribution in [0.4, 0.5) is 5.69 Å². The summed E-state index contributed by atoms with van der Waals surface area (Å²) < 4.78 is 1.91. The summed E-state index contributed by atoms with van der Waals surface area (Å²) in [6.45, 7) is 2.24. The molecule has 2 aliphatic heterocycles. The van der Waals surface area contributed by atoms with Gasteiger partial charge in [0.25, 0.3) is 0 Å². The van der Waals surface area contributed by atoms with Crippen molar-refractivity contribution in [3.05, 3.63) is 85.3 Å². The summed E-state index contributed by atoms with van der Waals surface area (Å²) >= 11 is 0. The number of likely N-dealkylation sites (tertiary alicyclic amines) is 1. The molecule has 2 saturated heterocycles. The number of rotatable bonds is 4. The molecule has 7 heteroatoms. The van der Waals surface area contributed by atoms with Gasteiger partial charge in [-0.1, -0.05) is 24.3 Å². The number of phenols is 1. The minimum Gasteiger partial charge on any atom is -0.508 e. The Hall–Kier alpha value is -4.23. The Kier molecular flexibility index (Phi) is 4.79. The molecule has 3 aromatic heterocycles. The Morgan fingerprint density at radius 3 is 2.39 bits per heavy atom. The number of anilines is 1. The lowest BCUT2D eigenvalue weighted by atomic mass is 10.0. The van der Waals surface area contributed by atoms with E-state index in [9.17, 15) is 5.11 Å². The average Bonchev–Trinajstić information content (AvgIpc) is 3.61. The van der Waals surface area contributed by atoms with Crippen LogP contribution < -0.4 is 4.90 Å². The SMILES string of the molecule is CN1C[C@H]2C[C@@H]1CN2c1ccc(-c2ccnc3c(-c4cccc(O)c4)c(-c4ccncc4)nn23)cc1. The molecule has 0 saturated carbocycles. The lowest BCUT2D eigenvalue weighted by molar-refractivity contribution is 0.292. The molecule has 1 N–H and O–H groups in total. The van der Waals surface area contributed by atoms with E-state index in [-0.39, 0.29) is 5.75 Å². The van der Waals surface area contributed by atoms with Crippen LogP contribution in [0.3, 0.4) is 0 Å². The van der Waals surface area contributed by atoms with Gasteiger partial charge < -0.3 is 10.0 Å². The molecule has 2 atom stereocenters. The highest BCUT2D eigenvalue weighted by Gasteiger charge is 2.41. The predicted molar refractivity (Wildman–Crippen MR) is 141 cm³/mol. The van der Waals surface area contributed by atoms with Crippen LogP contribution in [0.1, 0.15) is 6.42 Å². The molecule has 0 aliphatic carbocycles. The summed E-state index contributed by atoms with van der Waals surface area (Å²) in [5.41, 5.74) is 7.58. The first-order valence-electron chi connectivity index (χ1n) is 12.3. The molecule has 0 spiro atoms. The summed E-state index contributed by atoms with van der Waals surface area (Å²) in [6, 6.07) is 23.2. The van der Waals surface area contributed by atoms with E-state index in [4.69, 9.17) is 10.1 Å². The fourth-order valence-corrected chi connectivity index (χ4v) is 5.81. The third-order valence-corrected chi connectivity index (χ3v) is 7.62. The average molecular weight is 475 g/mol. The molecule has 2 fully saturated rings. The summed E-state index contributed by atoms with van der Waals surface area (Å²) in [6.07, 6.45) is 6.62. The molecule has 0 amide bonds. The van der Waals surface area contributed by atoms with Crippen molar-refractivity contribution in [1.29, 1.82) is 0 Å². The monoisotopic (exact) mass is 474 g/mol. The van der Waals surface area contributed by atoms with Gasteiger partial charge in [-0.15, -0.1) is 0 Å². The Morgan fingerprint density at radius 1 is 0.833 bits per heavy atom. The van der Waals surface area contributed by atoms with E-state index in [1.165, 1.54) is 12.1 Å². The number of aromatic nitrogens is 4. The highest BCUT2D eigenvalue weighted by atomic mass is 16.3. The van der Waals surface area contributed by atoms with Crippen molar-refractivity contribution in [3.8, 4) is 39.4 Å². The quantitative estimate of drug-likeness (QED) is 0.406. The highest BCUT2D eigenvalue weighted by molar-refractivity contribution is 5.91. The van der Waals surface area contributed by atoms with Crippen LogP contribution in [0, 0.1) is 0 Å². The molecule has 36 heavy (non-hydrogen) atoms. The van der Waals surface area contributed by atoms with Gasteiger partial charge in [0.05, 0.1) is 11.3 Å². The second kappa shape index (κ2) is 8.17. The van der Waals surface area contributed by atoms with Crippen LogP contribution in [0.25, 0.3) is 39.3 Å². The van der Waals surface area contributed by atoms with E-state index in [2.05, 4.69) is 46.1 Å². The summed E-state index contributed by atoms with van der Waals surface area (Å²) in [7, 11) is 2.23. The number of benzene rings is 2. The van der Waals surface area contributed by atoms with E-state index in [0.29, 0.717) is 12.1 Å². The van der Waals surface area contributed by atoms with Crippen LogP contribution in [-0.4, -0.2) is 61.8 Å². The molecule has 2 bridgehead atoms. The van der Waals surface area contributed by atoms with E-state index in [1.54, 1.807) is 24.5 Å². The minimum absolute atomic E-state index is 0.209. The zero-order valence-corrected chi connectivity index (χ0v) is 20.0. The zero-order valence-electron chi connectivity index (χ0n) is 20.0. The van der Waals surface area contributed by atoms with Crippen LogP contribution in [0.5, 0.6) is 5.75 Å². The first-order chi connectivity index (χ1) is 17.7. The lowest BCUT2D eigenvalue weighted by Gasteiger charge is -2.33. The number of nitrogens with zero attached hydrogens (tertiary/aromatic N) is 6. The molecule has 2 aliphatic rings. The number of fused-ring (bicyclic) bond motifs is 3. The van der Waals surface area contributed by atoms with E-state index < -0.39 is 0 Å². The van der Waals surface area contributed by atoms with Gasteiger partial charge in [-0.25, -0.2) is 9.50 Å². The van der Waals surface area contributed by atoms with Gasteiger partial charge in [0, 0.05) is 60.6 Å². The summed E-state index contributed by atoms with van der Waals surface area (Å²) in [4.78, 5) is 13.9. The van der Waals surface area contributed by atoms with Gasteiger partial charge in [-0.2, -0.15) is 5.10 Å². The van der Waals surface area contributed by atoms with Crippen LogP contribution in [-0.2, 0) is 0 Å². The Balaban J connectivity index is 1.34. The number of hydrogen-bond acceptors (Lipinski definition) is 6. The first-order valence-corrected chi connectivity index (χ1v) is 12.3. The van der Waals surface area contributed by atoms with Gasteiger partial charge in [-0.05, 0) is 61.5 Å². The Labute approximate surface area is 209 Å². The molecule has 7 nitrogen and oxygen atoms in total. The molecule has 7 rings (SSSR count). The van der Waals surface area contributed by atoms with Gasteiger partial charge in [0.2, 0.25) is 0 Å². The molecular weight excluding hydrogens is 448 g/mol. The molecule has 178 valence electrons. The van der Waals surface area contributed by atoms with Gasteiger partial charge >= 0.3 is 0 Å². The second-order valence-electron chi connectivity index (χ2n) is 9.76. The second-order valence-corrected chi connectivity index (χ2v) is 9.76. The predicted octanol–water partition coefficient (Wildman–Crippen LogP) is 4.72. The van der Waals surface area contributed by atoms with Gasteiger partial charge in [-0.3, -0.25) is 9.88 Å². The largest absolute Gasteiger partial charge is 0.508 e. The van der Waals surface area contributed by atoms with E-state index in [0.717, 1.165) is 52.4 Å². The van der Waals surface area contributed by atoms with Crippen molar-refractivity contribution >= 4 is 11.3 Å². The first kappa shape index (κ1) is 21.1. The molecular formula is C29H26N6O. The standard InChI is InChI=1S/C29H26N6O/c1-33-17-24-16-23(33)18-34(24)22-7-5-19(6-8-22)26-11-14-31-29-27(21-3-2-4-25(36)15-21)28(32-35(26)29)20-9-12-30-13-10-20/h2-15,23-24,36H,16-18H2,1H3/t23-,24-/m1/s1. The molecule has 0 unspecified atom stereocenters. The number of piperazine rings is 1. The maximum atomic E-state index is 10.2. The van der Waals surface area contributed by atoms with Crippen LogP contribution in [0.2, 0.25) is 0 Å². The number of hydrogen-bond donors (Lipinski definition) is 1. The highest BCUT2D eigenvalue weighted by Crippen LogP contribution is 2.38. The fraction of sp³-hybridized carbons (Fsp3) is 0.207. The van der Waals surface area contributed by atoms with E-state index in [1.807, 2.05) is 41.0 Å². The summed E-state index contributed by atoms with van der Waals surface area (Å²) in [5.74, 6) is 0.209. The Morgan fingerprint density at radius 2 is 1.67 bits per heavy atom. The normalized spacial score (nSPS) is 19.4. The zero-order chi connectivity index (χ0) is 24.2. The number of pyridine rings is 1. The van der Waals surface area contributed by atoms with Crippen molar-refractivity contribution < 1.29 is 5.11 Å². The maximum absolute atomic E-state index is 10.2. The van der Waals surface area contributed by atoms with Crippen LogP contribution in [0.15, 0.2) is 85.3 Å². The third-order valence-electron chi connectivity index (χ3n) is 7.62. The Bertz CT molecular complexity index is 1560. The van der Waals surface area contributed by atoms with Crippen molar-refractivity contribution in [2.75, 3.05) is 25.0 Å². The smallest absolute Gasteiger partial charge is 0.164 e. The fourth-order valence-electron chi connectivity index (χ4n) is 5.81. The van der Waals surface area contributed by atoms with Crippen molar-refractivity contribution in [1.82, 2.24) is 24.5 Å².